The molecule has 3 heterocycles. The van der Waals surface area contributed by atoms with Gasteiger partial charge in [0, 0.05) is 16.8 Å². The van der Waals surface area contributed by atoms with Crippen molar-refractivity contribution in [2.45, 2.75) is 19.0 Å². The summed E-state index contributed by atoms with van der Waals surface area (Å²) in [5.74, 6) is 0.222. The summed E-state index contributed by atoms with van der Waals surface area (Å²) in [7, 11) is 0. The minimum atomic E-state index is -0.281. The molecule has 0 spiro atoms. The van der Waals surface area contributed by atoms with Gasteiger partial charge in [0.1, 0.15) is 5.39 Å². The van der Waals surface area contributed by atoms with Crippen LogP contribution in [0.5, 0.6) is 0 Å². The lowest BCUT2D eigenvalue weighted by Crippen LogP contribution is -2.22. The fraction of sp³-hybridized carbons (Fsp3) is 0.167. The zero-order chi connectivity index (χ0) is 20.5. The van der Waals surface area contributed by atoms with Crippen LogP contribution in [0.2, 0.25) is 5.02 Å². The second-order valence-corrected chi connectivity index (χ2v) is 7.72. The van der Waals surface area contributed by atoms with Crippen molar-refractivity contribution in [3.63, 3.8) is 0 Å². The van der Waals surface area contributed by atoms with Gasteiger partial charge >= 0.3 is 0 Å². The predicted molar refractivity (Wildman–Crippen MR) is 112 cm³/mol. The molecule has 3 N–H and O–H groups in total. The molecule has 0 saturated heterocycles. The van der Waals surface area contributed by atoms with Crippen molar-refractivity contribution in [1.29, 1.82) is 0 Å². The number of H-pyrrole nitrogens is 2. The van der Waals surface area contributed by atoms with Gasteiger partial charge in [-0.15, -0.1) is 0 Å². The summed E-state index contributed by atoms with van der Waals surface area (Å²) in [5, 5.41) is 17.4. The molecule has 1 amide bonds. The number of hydrogen-bond acceptors (Lipinski definition) is 6. The number of rotatable bonds is 5. The van der Waals surface area contributed by atoms with E-state index in [4.69, 9.17) is 11.6 Å². The maximum Gasteiger partial charge on any atom is 0.269 e. The molecule has 0 bridgehead atoms. The molecule has 0 radical (unpaired) electrons. The minimum Gasteiger partial charge on any atom is -0.308 e. The van der Waals surface area contributed by atoms with Crippen molar-refractivity contribution in [1.82, 2.24) is 29.9 Å². The van der Waals surface area contributed by atoms with Crippen LogP contribution in [0.4, 0.5) is 5.82 Å². The number of halogens is 1. The molecule has 0 saturated carbocycles. The van der Waals surface area contributed by atoms with Crippen molar-refractivity contribution in [3.05, 3.63) is 57.1 Å². The van der Waals surface area contributed by atoms with E-state index in [1.165, 1.54) is 10.8 Å². The third-order valence-electron chi connectivity index (χ3n) is 4.16. The zero-order valence-corrected chi connectivity index (χ0v) is 17.1. The monoisotopic (exact) mass is 429 g/mol. The molecule has 0 aliphatic carbocycles. The first-order valence-corrected chi connectivity index (χ1v) is 9.96. The van der Waals surface area contributed by atoms with E-state index >= 15 is 0 Å². The van der Waals surface area contributed by atoms with Crippen LogP contribution < -0.4 is 10.9 Å². The number of nitrogens with one attached hydrogen (secondary N) is 3. The second kappa shape index (κ2) is 7.72. The van der Waals surface area contributed by atoms with Gasteiger partial charge in [0.05, 0.1) is 17.6 Å². The summed E-state index contributed by atoms with van der Waals surface area (Å²) in [4.78, 5) is 29.8. The zero-order valence-electron chi connectivity index (χ0n) is 15.5. The Bertz CT molecular complexity index is 1280. The molecule has 0 aliphatic heterocycles. The number of aryl methyl sites for hydroxylation is 2. The van der Waals surface area contributed by atoms with Crippen molar-refractivity contribution in [2.75, 3.05) is 11.1 Å². The van der Waals surface area contributed by atoms with Gasteiger partial charge in [-0.1, -0.05) is 23.4 Å². The maximum atomic E-state index is 13.0. The molecular formula is C18H16ClN7O2S. The summed E-state index contributed by atoms with van der Waals surface area (Å²) >= 11 is 7.26. The molecule has 4 aromatic rings. The number of amides is 1. The summed E-state index contributed by atoms with van der Waals surface area (Å²) < 4.78 is 1.46. The van der Waals surface area contributed by atoms with Crippen LogP contribution in [-0.2, 0) is 4.79 Å². The molecule has 1 aromatic carbocycles. The highest BCUT2D eigenvalue weighted by Crippen LogP contribution is 2.24. The SMILES string of the molecule is Cc1cc(NC(=O)CSc2nc3[nH]ncc3c(=O)n2-c2ccc(Cl)c(C)c2)n[nH]1. The van der Waals surface area contributed by atoms with Gasteiger partial charge in [-0.3, -0.25) is 24.4 Å². The smallest absolute Gasteiger partial charge is 0.269 e. The van der Waals surface area contributed by atoms with Crippen molar-refractivity contribution < 1.29 is 4.79 Å². The first-order chi connectivity index (χ1) is 13.9. The highest BCUT2D eigenvalue weighted by atomic mass is 35.5. The van der Waals surface area contributed by atoms with E-state index < -0.39 is 0 Å². The number of benzene rings is 1. The molecule has 29 heavy (non-hydrogen) atoms. The highest BCUT2D eigenvalue weighted by Gasteiger charge is 2.17. The van der Waals surface area contributed by atoms with E-state index in [1.54, 1.807) is 24.3 Å². The Morgan fingerprint density at radius 1 is 1.28 bits per heavy atom. The Morgan fingerprint density at radius 2 is 2.10 bits per heavy atom. The number of nitrogens with zero attached hydrogens (tertiary/aromatic N) is 4. The number of carbonyl (C=O) groups is 1. The molecule has 148 valence electrons. The van der Waals surface area contributed by atoms with Gasteiger partial charge < -0.3 is 5.32 Å². The van der Waals surface area contributed by atoms with Crippen molar-refractivity contribution in [3.8, 4) is 5.69 Å². The predicted octanol–water partition coefficient (Wildman–Crippen LogP) is 2.83. The van der Waals surface area contributed by atoms with Crippen molar-refractivity contribution >= 4 is 46.1 Å². The molecule has 4 rings (SSSR count). The van der Waals surface area contributed by atoms with Gasteiger partial charge in [0.15, 0.2) is 16.6 Å². The first-order valence-electron chi connectivity index (χ1n) is 8.59. The number of fused-ring (bicyclic) bond motifs is 1. The fourth-order valence-corrected chi connectivity index (χ4v) is 3.68. The van der Waals surface area contributed by atoms with Crippen LogP contribution in [-0.4, -0.2) is 41.6 Å². The molecule has 9 nitrogen and oxygen atoms in total. The van der Waals surface area contributed by atoms with E-state index in [9.17, 15) is 9.59 Å². The quantitative estimate of drug-likeness (QED) is 0.331. The number of carbonyl (C=O) groups excluding carboxylic acids is 1. The highest BCUT2D eigenvalue weighted by molar-refractivity contribution is 7.99. The Morgan fingerprint density at radius 3 is 2.83 bits per heavy atom. The number of anilines is 1. The average molecular weight is 430 g/mol. The minimum absolute atomic E-state index is 0.0462. The Balaban J connectivity index is 1.68. The Kier molecular flexibility index (Phi) is 5.12. The number of aromatic amines is 2. The molecular weight excluding hydrogens is 414 g/mol. The lowest BCUT2D eigenvalue weighted by molar-refractivity contribution is -0.113. The molecule has 0 atom stereocenters. The van der Waals surface area contributed by atoms with E-state index in [0.717, 1.165) is 23.0 Å². The molecule has 0 fully saturated rings. The van der Waals surface area contributed by atoms with Crippen LogP contribution in [0, 0.1) is 13.8 Å². The van der Waals surface area contributed by atoms with Crippen LogP contribution in [0.15, 0.2) is 40.4 Å². The molecule has 11 heteroatoms. The number of aromatic nitrogens is 6. The number of hydrogen-bond donors (Lipinski definition) is 3. The van der Waals surface area contributed by atoms with Gasteiger partial charge in [-0.05, 0) is 37.6 Å². The normalized spacial score (nSPS) is 11.1. The lowest BCUT2D eigenvalue weighted by atomic mass is 10.2. The van der Waals surface area contributed by atoms with E-state index in [1.807, 2.05) is 13.8 Å². The fourth-order valence-electron chi connectivity index (χ4n) is 2.76. The molecule has 3 aromatic heterocycles. The van der Waals surface area contributed by atoms with Gasteiger partial charge in [0.2, 0.25) is 5.91 Å². The van der Waals surface area contributed by atoms with E-state index in [-0.39, 0.29) is 17.2 Å². The second-order valence-electron chi connectivity index (χ2n) is 6.37. The molecule has 0 unspecified atom stereocenters. The van der Waals surface area contributed by atoms with Crippen molar-refractivity contribution in [2.24, 2.45) is 0 Å². The standard InChI is InChI=1S/C18H16ClN7O2S/c1-9-5-11(3-4-13(9)19)26-17(28)12-7-20-25-16(12)22-18(26)29-8-15(27)21-14-6-10(2)23-24-14/h3-7H,8H2,1-2H3,(H,20,25)(H2,21,23,24,27). The van der Waals surface area contributed by atoms with Crippen LogP contribution >= 0.6 is 23.4 Å². The first kappa shape index (κ1) is 19.2. The van der Waals surface area contributed by atoms with Gasteiger partial charge in [-0.2, -0.15) is 10.2 Å². The third-order valence-corrected chi connectivity index (χ3v) is 5.52. The van der Waals surface area contributed by atoms with Crippen LogP contribution in [0.1, 0.15) is 11.3 Å². The summed E-state index contributed by atoms with van der Waals surface area (Å²) in [5.41, 5.74) is 2.36. The van der Waals surface area contributed by atoms with E-state index in [2.05, 4.69) is 30.7 Å². The van der Waals surface area contributed by atoms with Crippen LogP contribution in [0.25, 0.3) is 16.7 Å². The Labute approximate surface area is 173 Å². The maximum absolute atomic E-state index is 13.0. The average Bonchev–Trinajstić information content (AvgIpc) is 3.31. The van der Waals surface area contributed by atoms with Gasteiger partial charge in [-0.25, -0.2) is 4.98 Å². The summed E-state index contributed by atoms with van der Waals surface area (Å²) in [6.07, 6.45) is 1.44. The lowest BCUT2D eigenvalue weighted by Gasteiger charge is -2.12. The Hall–Kier alpha value is -3.11. The molecule has 0 aliphatic rings. The topological polar surface area (TPSA) is 121 Å². The van der Waals surface area contributed by atoms with Crippen LogP contribution in [0.3, 0.4) is 0 Å². The summed E-state index contributed by atoms with van der Waals surface area (Å²) in [6, 6.07) is 6.98. The largest absolute Gasteiger partial charge is 0.308 e. The summed E-state index contributed by atoms with van der Waals surface area (Å²) in [6.45, 7) is 3.69. The van der Waals surface area contributed by atoms with E-state index in [0.29, 0.717) is 32.7 Å². The third kappa shape index (κ3) is 3.89. The number of thioether (sulfide) groups is 1. The van der Waals surface area contributed by atoms with Gasteiger partial charge in [0.25, 0.3) is 5.56 Å².